The maximum Gasteiger partial charge on any atom is 0 e. The van der Waals surface area contributed by atoms with Gasteiger partial charge in [-0.2, -0.15) is 0 Å². The normalized spacial score (nSPS) is 0. The summed E-state index contributed by atoms with van der Waals surface area (Å²) in [6, 6.07) is 0. The molecule has 0 fully saturated rings. The minimum atomic E-state index is 0. The molecule has 0 amide bonds. The average Bonchev–Trinajstić information content (AvgIpc) is 0. The van der Waals surface area contributed by atoms with Crippen molar-refractivity contribution in [3.05, 3.63) is 7.43 Å². The Kier molecular flexibility index (Phi) is 493000. The number of nitrogens with zero attached hydrogens (tertiary/aromatic N) is 1. The molecule has 0 aliphatic carbocycles. The van der Waals surface area contributed by atoms with Crippen LogP contribution in [0.2, 0.25) is 0 Å². The third-order valence-corrected chi connectivity index (χ3v) is 0. The van der Waals surface area contributed by atoms with Gasteiger partial charge in [0.1, 0.15) is 0 Å². The molecule has 0 saturated heterocycles. The number of hydrogen-bond acceptors (Lipinski definition) is 0. The Balaban J connectivity index is 0. The molecule has 0 atom stereocenters. The van der Waals surface area contributed by atoms with E-state index in [-0.39, 0.29) is 37.3 Å². The lowest BCUT2D eigenvalue weighted by atomic mass is 12.0. The summed E-state index contributed by atoms with van der Waals surface area (Å²) in [6.07, 6.45) is 0. The molecule has 0 aromatic rings. The lowest BCUT2D eigenvalue weighted by molar-refractivity contribution is 0.686. The second-order valence-corrected chi connectivity index (χ2v) is 0. The van der Waals surface area contributed by atoms with E-state index in [1.54, 1.807) is 0 Å². The molecular weight excluding hydrogens is 93.1 g/mol. The third-order valence-electron chi connectivity index (χ3n) is 0. The predicted octanol–water partition coefficient (Wildman–Crippen LogP) is 0.283. The van der Waals surface area contributed by atoms with E-state index < -0.39 is 0 Å². The zero-order valence-corrected chi connectivity index (χ0v) is 2.99. The van der Waals surface area contributed by atoms with Crippen LogP contribution in [0.3, 0.4) is 0 Å². The first-order valence-corrected chi connectivity index (χ1v) is 0. The zero-order chi connectivity index (χ0) is 0. The predicted molar refractivity (Wildman–Crippen MR) is 16.2 cm³/mol. The van der Waals surface area contributed by atoms with Gasteiger partial charge in [0, 0.05) is 32.5 Å². The Hall–Kier alpha value is 0.200. The molecule has 0 aromatic carbocycles. The first-order chi connectivity index (χ1) is 0. The monoisotopic (exact) mass is 94.0 g/mol. The van der Waals surface area contributed by atoms with E-state index >= 15 is 0 Å². The third kappa shape index (κ3) is 508. The van der Waals surface area contributed by atoms with Gasteiger partial charge in [-0.05, 0) is 0 Å². The van der Waals surface area contributed by atoms with Crippen LogP contribution in [-0.4, -0.2) is 0 Å². The second kappa shape index (κ2) is 1080. The maximum absolute atomic E-state index is 0. The van der Waals surface area contributed by atoms with Gasteiger partial charge in [-0.1, -0.05) is 0 Å². The first-order valence-electron chi connectivity index (χ1n) is 0. The molecule has 0 heterocycles. The van der Waals surface area contributed by atoms with Crippen LogP contribution >= 0.6 is 13.5 Å². The number of halogens is 1. The Labute approximate surface area is 38.3 Å². The first kappa shape index (κ1) is 2290. The van der Waals surface area contributed by atoms with Crippen molar-refractivity contribution in [3.8, 4) is 0 Å². The fraction of sp³-hybridized carbons (Fsp3) is 0. The lowest BCUT2D eigenvalue weighted by Gasteiger charge is -0.269. The van der Waals surface area contributed by atoms with E-state index in [1.807, 2.05) is 0 Å². The van der Waals surface area contributed by atoms with Crippen LogP contribution in [0.25, 0.3) is 0 Å². The van der Waals surface area contributed by atoms with Crippen molar-refractivity contribution in [1.82, 2.24) is 6.15 Å². The summed E-state index contributed by atoms with van der Waals surface area (Å²) in [6.45, 7) is 0. The summed E-state index contributed by atoms with van der Waals surface area (Å²) in [7, 11) is 0. The molecule has 0 unspecified atom stereocenters. The molecule has 0 N–H and O–H groups in total. The molecule has 0 aromatic heterocycles. The van der Waals surface area contributed by atoms with E-state index in [4.69, 9.17) is 0 Å². The van der Waals surface area contributed by atoms with Crippen molar-refractivity contribution in [2.75, 3.05) is 0 Å². The molecule has 11 radical (unpaired) electrons. The molecule has 0 bridgehead atoms. The van der Waals surface area contributed by atoms with Gasteiger partial charge >= 0.3 is 0 Å². The Morgan fingerprint density at radius 2 is 1.00 bits per heavy atom. The Morgan fingerprint density at radius 1 is 1.00 bits per heavy atom. The number of rotatable bonds is 0. The summed E-state index contributed by atoms with van der Waals surface area (Å²) in [5.41, 5.74) is 0. The van der Waals surface area contributed by atoms with Gasteiger partial charge in [0.25, 0.3) is 0 Å². The summed E-state index contributed by atoms with van der Waals surface area (Å²) >= 11 is 0. The van der Waals surface area contributed by atoms with Crippen LogP contribution in [0.1, 0.15) is 0 Å². The molecule has 0 spiro atoms. The molecule has 0 rings (SSSR count). The van der Waals surface area contributed by atoms with E-state index in [2.05, 4.69) is 0 Å². The average molecular weight is 94.1 g/mol. The van der Waals surface area contributed by atoms with Gasteiger partial charge in [0.15, 0.2) is 0 Å². The smallest absolute Gasteiger partial charge is 0 e. The Bertz CT molecular complexity index is 11.6. The molecule has 0 aliphatic heterocycles. The zero-order valence-electron chi connectivity index (χ0n) is 2.17. The van der Waals surface area contributed by atoms with E-state index in [1.165, 1.54) is 0 Å². The van der Waals surface area contributed by atoms with Crippen LogP contribution in [0.5, 0.6) is 0 Å². The molecule has 29 valence electrons. The maximum atomic E-state index is 0. The highest BCUT2D eigenvalue weighted by molar-refractivity contribution is 7.59. The minimum absolute atomic E-state index is 0. The van der Waals surface area contributed by atoms with Crippen LogP contribution in [0.15, 0.2) is 0 Å². The van der Waals surface area contributed by atoms with Gasteiger partial charge in [0.05, 0.1) is 0 Å². The standard InChI is InChI=1S/C.FH.N.O.S/h;1H;;;. The van der Waals surface area contributed by atoms with Crippen LogP contribution in [-0.2, 0) is 5.48 Å². The Morgan fingerprint density at radius 3 is 1.00 bits per heavy atom. The fourth-order valence-corrected chi connectivity index (χ4v) is 0. The molecule has 0 saturated carbocycles. The molecule has 4 heteroatoms. The number of hydrogen-bond donors (Lipinski definition) is 0. The second-order valence-electron chi connectivity index (χ2n) is 0. The molecule has 0 aliphatic rings. The van der Waals surface area contributed by atoms with E-state index in [0.29, 0.717) is 0 Å². The van der Waals surface area contributed by atoms with Crippen molar-refractivity contribution in [1.29, 1.82) is 0 Å². The van der Waals surface area contributed by atoms with Gasteiger partial charge in [-0.15, -0.1) is 0 Å². The minimum Gasteiger partial charge on any atom is -0.269 e. The summed E-state index contributed by atoms with van der Waals surface area (Å²) < 4.78 is 0. The highest BCUT2D eigenvalue weighted by Gasteiger charge is 0.00301. The van der Waals surface area contributed by atoms with Gasteiger partial charge in [-0.25, -0.2) is 0 Å². The quantitative estimate of drug-likeness (QED) is 0.414. The van der Waals surface area contributed by atoms with Gasteiger partial charge in [-0.3, -0.25) is 4.70 Å². The lowest BCUT2D eigenvalue weighted by Crippen LogP contribution is -0.481. The summed E-state index contributed by atoms with van der Waals surface area (Å²) in [5.74, 6) is 0. The highest BCUT2D eigenvalue weighted by atomic mass is 32.1. The SMILES string of the molecule is F.[C].[N].[O].[S]. The van der Waals surface area contributed by atoms with Crippen molar-refractivity contribution in [2.45, 2.75) is 0 Å². The molecular formula is CHFNOS. The van der Waals surface area contributed by atoms with Gasteiger partial charge in [0.2, 0.25) is 0 Å². The van der Waals surface area contributed by atoms with Crippen molar-refractivity contribution in [2.24, 2.45) is 0 Å². The van der Waals surface area contributed by atoms with Crippen molar-refractivity contribution < 1.29 is 10.2 Å². The van der Waals surface area contributed by atoms with Crippen molar-refractivity contribution in [3.63, 3.8) is 0 Å². The van der Waals surface area contributed by atoms with Crippen LogP contribution in [0.4, 0.5) is 4.70 Å². The molecule has 2 nitrogen and oxygen atoms in total. The van der Waals surface area contributed by atoms with Gasteiger partial charge < -0.3 is 0 Å². The highest BCUT2D eigenvalue weighted by Crippen LogP contribution is 0.648. The topological polar surface area (TPSA) is 59.0 Å². The van der Waals surface area contributed by atoms with Crippen molar-refractivity contribution >= 4 is 13.5 Å². The van der Waals surface area contributed by atoms with Crippen LogP contribution in [0, 0.1) is 7.43 Å². The van der Waals surface area contributed by atoms with E-state index in [9.17, 15) is 0 Å². The summed E-state index contributed by atoms with van der Waals surface area (Å²) in [5, 5.41) is 0. The van der Waals surface area contributed by atoms with E-state index in [0.717, 1.165) is 0 Å². The molecule has 5 heavy (non-hydrogen) atoms. The van der Waals surface area contributed by atoms with Crippen LogP contribution < -0.4 is 6.15 Å². The largest absolute Gasteiger partial charge is 0.269 e. The summed E-state index contributed by atoms with van der Waals surface area (Å²) in [4.78, 5) is 0. The fourth-order valence-electron chi connectivity index (χ4n) is 0.